The summed E-state index contributed by atoms with van der Waals surface area (Å²) in [6.45, 7) is 8.59. The lowest BCUT2D eigenvalue weighted by molar-refractivity contribution is -0.210. The molecule has 0 bridgehead atoms. The van der Waals surface area contributed by atoms with E-state index in [2.05, 4.69) is 6.92 Å². The van der Waals surface area contributed by atoms with Crippen LogP contribution in [0.5, 0.6) is 0 Å². The number of Topliss-reactive ketones (excluding diaryl/α,β-unsaturated/α-hetero) is 1. The third kappa shape index (κ3) is 2.88. The minimum Gasteiger partial charge on any atom is -0.457 e. The van der Waals surface area contributed by atoms with E-state index in [0.717, 1.165) is 18.4 Å². The quantitative estimate of drug-likeness (QED) is 0.437. The Hall–Kier alpha value is -2.32. The first-order chi connectivity index (χ1) is 16.9. The van der Waals surface area contributed by atoms with Gasteiger partial charge in [0.05, 0.1) is 6.10 Å². The van der Waals surface area contributed by atoms with Crippen LogP contribution in [0.3, 0.4) is 0 Å². The number of aliphatic hydroxyl groups is 1. The Morgan fingerprint density at radius 1 is 1.14 bits per heavy atom. The molecule has 9 atom stereocenters. The minimum atomic E-state index is -1.65. The highest BCUT2D eigenvalue weighted by Gasteiger charge is 2.86. The Balaban J connectivity index is 1.59. The van der Waals surface area contributed by atoms with E-state index in [9.17, 15) is 24.3 Å². The van der Waals surface area contributed by atoms with Crippen molar-refractivity contribution in [1.82, 2.24) is 0 Å². The van der Waals surface area contributed by atoms with Crippen molar-refractivity contribution in [3.8, 4) is 0 Å². The average molecular weight is 501 g/mol. The molecule has 8 nitrogen and oxygen atoms in total. The number of fused-ring (bicyclic) bond motifs is 3. The molecule has 0 aromatic carbocycles. The lowest BCUT2D eigenvalue weighted by atomic mass is 9.46. The van der Waals surface area contributed by atoms with Crippen LogP contribution in [0.2, 0.25) is 0 Å². The summed E-state index contributed by atoms with van der Waals surface area (Å²) in [5.41, 5.74) is -2.98. The Labute approximate surface area is 211 Å². The van der Waals surface area contributed by atoms with E-state index >= 15 is 0 Å². The lowest BCUT2D eigenvalue weighted by Gasteiger charge is -2.57. The number of hydrogen-bond acceptors (Lipinski definition) is 8. The fourth-order valence-corrected chi connectivity index (χ4v) is 8.42. The summed E-state index contributed by atoms with van der Waals surface area (Å²) in [5, 5.41) is 12.0. The van der Waals surface area contributed by atoms with E-state index in [-0.39, 0.29) is 30.5 Å². The number of ether oxygens (including phenoxy) is 3. The molecular formula is C28H36O8. The van der Waals surface area contributed by atoms with Gasteiger partial charge in [-0.1, -0.05) is 39.3 Å². The van der Waals surface area contributed by atoms with Crippen LogP contribution in [0.4, 0.5) is 0 Å². The van der Waals surface area contributed by atoms with Gasteiger partial charge in [-0.25, -0.2) is 0 Å². The van der Waals surface area contributed by atoms with Gasteiger partial charge in [-0.3, -0.25) is 19.2 Å². The molecule has 1 heterocycles. The first-order valence-electron chi connectivity index (χ1n) is 13.1. The molecule has 4 aliphatic carbocycles. The molecule has 5 rings (SSSR count). The molecule has 0 aromatic rings. The molecule has 1 saturated heterocycles. The smallest absolute Gasteiger partial charge is 0.306 e. The average Bonchev–Trinajstić information content (AvgIpc) is 3.56. The van der Waals surface area contributed by atoms with E-state index in [0.29, 0.717) is 6.42 Å². The van der Waals surface area contributed by atoms with Crippen molar-refractivity contribution in [3.63, 3.8) is 0 Å². The largest absolute Gasteiger partial charge is 0.457 e. The summed E-state index contributed by atoms with van der Waals surface area (Å²) in [7, 11) is 0. The number of hydrogen-bond donors (Lipinski definition) is 1. The van der Waals surface area contributed by atoms with Crippen molar-refractivity contribution in [3.05, 3.63) is 23.8 Å². The van der Waals surface area contributed by atoms with Crippen LogP contribution in [0.1, 0.15) is 66.7 Å². The van der Waals surface area contributed by atoms with Crippen molar-refractivity contribution in [2.45, 2.75) is 90.1 Å². The van der Waals surface area contributed by atoms with E-state index in [1.54, 1.807) is 26.0 Å². The number of ketones is 2. The molecule has 3 saturated carbocycles. The van der Waals surface area contributed by atoms with Crippen LogP contribution in [-0.4, -0.2) is 58.6 Å². The summed E-state index contributed by atoms with van der Waals surface area (Å²) in [6, 6.07) is 0. The summed E-state index contributed by atoms with van der Waals surface area (Å²) >= 11 is 0. The highest BCUT2D eigenvalue weighted by Crippen LogP contribution is 2.76. The number of rotatable bonds is 6. The van der Waals surface area contributed by atoms with Gasteiger partial charge in [-0.15, -0.1) is 0 Å². The maximum atomic E-state index is 13.9. The van der Waals surface area contributed by atoms with Gasteiger partial charge in [0, 0.05) is 29.6 Å². The van der Waals surface area contributed by atoms with Crippen molar-refractivity contribution in [2.75, 3.05) is 6.61 Å². The molecule has 5 aliphatic rings. The van der Waals surface area contributed by atoms with Crippen LogP contribution in [0, 0.1) is 28.6 Å². The minimum absolute atomic E-state index is 0.00783. The number of epoxide rings is 1. The van der Waals surface area contributed by atoms with Gasteiger partial charge in [0.15, 0.2) is 18.0 Å². The molecule has 36 heavy (non-hydrogen) atoms. The van der Waals surface area contributed by atoms with E-state index < -0.39 is 64.5 Å². The number of esters is 2. The van der Waals surface area contributed by atoms with Crippen molar-refractivity contribution in [2.24, 2.45) is 28.6 Å². The van der Waals surface area contributed by atoms with Gasteiger partial charge in [0.25, 0.3) is 0 Å². The zero-order valence-electron chi connectivity index (χ0n) is 21.7. The van der Waals surface area contributed by atoms with E-state index in [4.69, 9.17) is 14.2 Å². The predicted molar refractivity (Wildman–Crippen MR) is 127 cm³/mol. The summed E-state index contributed by atoms with van der Waals surface area (Å²) < 4.78 is 17.7. The number of allylic oxidation sites excluding steroid dienone is 2. The fourth-order valence-electron chi connectivity index (χ4n) is 8.42. The highest BCUT2D eigenvalue weighted by molar-refractivity contribution is 6.01. The third-order valence-electron chi connectivity index (χ3n) is 10.2. The Morgan fingerprint density at radius 2 is 1.83 bits per heavy atom. The fraction of sp³-hybridized carbons (Fsp3) is 0.714. The number of carbonyl (C=O) groups excluding carboxylic acids is 4. The molecule has 1 spiro atoms. The molecule has 1 N–H and O–H groups in total. The van der Waals surface area contributed by atoms with Crippen molar-refractivity contribution < 1.29 is 38.5 Å². The van der Waals surface area contributed by atoms with Crippen LogP contribution < -0.4 is 0 Å². The zero-order chi connectivity index (χ0) is 26.3. The maximum Gasteiger partial charge on any atom is 0.306 e. The second-order valence-corrected chi connectivity index (χ2v) is 11.6. The highest BCUT2D eigenvalue weighted by atomic mass is 16.6. The van der Waals surface area contributed by atoms with Crippen molar-refractivity contribution in [1.29, 1.82) is 0 Å². The van der Waals surface area contributed by atoms with Crippen LogP contribution in [0.25, 0.3) is 0 Å². The van der Waals surface area contributed by atoms with E-state index in [1.807, 2.05) is 19.9 Å². The van der Waals surface area contributed by atoms with Gasteiger partial charge < -0.3 is 19.3 Å². The van der Waals surface area contributed by atoms with Crippen molar-refractivity contribution >= 4 is 23.5 Å². The Morgan fingerprint density at radius 3 is 2.50 bits per heavy atom. The normalized spacial score (nSPS) is 46.0. The lowest BCUT2D eigenvalue weighted by Crippen LogP contribution is -2.69. The van der Waals surface area contributed by atoms with Gasteiger partial charge in [-0.2, -0.15) is 0 Å². The first-order valence-corrected chi connectivity index (χ1v) is 13.1. The molecule has 4 fully saturated rings. The van der Waals surface area contributed by atoms with Crippen LogP contribution in [-0.2, 0) is 33.4 Å². The summed E-state index contributed by atoms with van der Waals surface area (Å²) in [4.78, 5) is 50.6. The Kier molecular flexibility index (Phi) is 5.69. The molecular weight excluding hydrogens is 464 g/mol. The molecule has 0 radical (unpaired) electrons. The summed E-state index contributed by atoms with van der Waals surface area (Å²) in [5.74, 6) is -2.17. The van der Waals surface area contributed by atoms with Gasteiger partial charge in [0.2, 0.25) is 5.78 Å². The van der Waals surface area contributed by atoms with Gasteiger partial charge in [0.1, 0.15) is 11.7 Å². The monoisotopic (exact) mass is 500 g/mol. The second-order valence-electron chi connectivity index (χ2n) is 11.6. The molecule has 0 aromatic heterocycles. The topological polar surface area (TPSA) is 120 Å². The Bertz CT molecular complexity index is 1090. The van der Waals surface area contributed by atoms with E-state index in [1.165, 1.54) is 0 Å². The molecule has 8 heteroatoms. The number of aliphatic hydroxyl groups excluding tert-OH is 1. The molecule has 1 aliphatic heterocycles. The zero-order valence-corrected chi connectivity index (χ0v) is 21.7. The SMILES string of the molecule is CCC(=O)OCC(=O)[C@]1(OC(=O)CC)[C@@H](C)C[C@H]2[C@@H]3CCC4=CC(=O)C=C[C@]4(C)[C@@]34O[C@H]4[C@@H](O)[C@@]21C. The predicted octanol–water partition coefficient (Wildman–Crippen LogP) is 2.86. The maximum absolute atomic E-state index is 13.9. The van der Waals surface area contributed by atoms with Gasteiger partial charge >= 0.3 is 11.9 Å². The van der Waals surface area contributed by atoms with Gasteiger partial charge in [-0.05, 0) is 50.2 Å². The number of carbonyl (C=O) groups is 4. The standard InChI is InChI=1S/C28H36O8/c1-6-21(31)34-14-20(30)27(35-22(32)7-2)15(3)12-19-18-9-8-16-13-17(29)10-11-25(16,4)28(18)24(36-28)23(33)26(19,27)5/h10-11,13,15,18-19,23-24,33H,6-9,12,14H2,1-5H3/t15-,18-,19-,23+,24-,25-,26+,27+,28+/m0/s1. The van der Waals surface area contributed by atoms with Crippen LogP contribution >= 0.6 is 0 Å². The molecule has 196 valence electrons. The first kappa shape index (κ1) is 25.3. The third-order valence-corrected chi connectivity index (χ3v) is 10.2. The molecule has 0 amide bonds. The van der Waals surface area contributed by atoms with Crippen LogP contribution in [0.15, 0.2) is 23.8 Å². The second kappa shape index (κ2) is 8.09. The molecule has 0 unspecified atom stereocenters. The summed E-state index contributed by atoms with van der Waals surface area (Å²) in [6.07, 6.45) is 5.74.